The highest BCUT2D eigenvalue weighted by atomic mass is 79.9. The molecule has 2 aromatic carbocycles. The van der Waals surface area contributed by atoms with Crippen LogP contribution in [0.15, 0.2) is 57.5 Å². The number of aliphatic carboxylic acids is 2. The Balaban J connectivity index is 0.000000371. The Morgan fingerprint density at radius 2 is 1.03 bits per heavy atom. The normalized spacial score (nSPS) is 11.2. The molecule has 3 N–H and O–H groups in total. The number of carboxylic acid groups (broad SMARTS) is 2. The van der Waals surface area contributed by atoms with Crippen LogP contribution < -0.4 is 0 Å². The number of unbranched alkanes of at least 4 members (excludes halogenated alkanes) is 9. The zero-order valence-corrected chi connectivity index (χ0v) is 25.3. The van der Waals surface area contributed by atoms with Crippen LogP contribution in [-0.2, 0) is 15.2 Å². The van der Waals surface area contributed by atoms with Crippen LogP contribution in [0.2, 0.25) is 0 Å². The highest BCUT2D eigenvalue weighted by Crippen LogP contribution is 2.31. The van der Waals surface area contributed by atoms with Gasteiger partial charge in [-0.05, 0) is 47.7 Å². The van der Waals surface area contributed by atoms with E-state index in [1.54, 1.807) is 48.5 Å². The van der Waals surface area contributed by atoms with Gasteiger partial charge in [-0.2, -0.15) is 0 Å². The van der Waals surface area contributed by atoms with Crippen LogP contribution in [-0.4, -0.2) is 27.3 Å². The zero-order valence-electron chi connectivity index (χ0n) is 22.1. The van der Waals surface area contributed by atoms with Gasteiger partial charge in [0.25, 0.3) is 0 Å². The third-order valence-corrected chi connectivity index (χ3v) is 7.31. The van der Waals surface area contributed by atoms with E-state index >= 15 is 0 Å². The van der Waals surface area contributed by atoms with E-state index in [1.165, 1.54) is 57.8 Å². The molecule has 0 radical (unpaired) electrons. The monoisotopic (exact) mass is 640 g/mol. The van der Waals surface area contributed by atoms with Crippen molar-refractivity contribution in [2.24, 2.45) is 5.92 Å². The van der Waals surface area contributed by atoms with Crippen molar-refractivity contribution >= 4 is 43.8 Å². The molecule has 0 saturated heterocycles. The van der Waals surface area contributed by atoms with E-state index in [0.717, 1.165) is 27.7 Å². The van der Waals surface area contributed by atoms with Crippen LogP contribution in [0, 0.1) is 5.92 Å². The van der Waals surface area contributed by atoms with Gasteiger partial charge in [-0.3, -0.25) is 4.79 Å². The maximum absolute atomic E-state index is 11.5. The van der Waals surface area contributed by atoms with Gasteiger partial charge in [0.05, 0.1) is 0 Å². The van der Waals surface area contributed by atoms with E-state index in [1.807, 2.05) is 0 Å². The number of halogens is 2. The van der Waals surface area contributed by atoms with Crippen LogP contribution >= 0.6 is 31.9 Å². The first kappa shape index (κ1) is 33.3. The van der Waals surface area contributed by atoms with Crippen molar-refractivity contribution in [3.05, 3.63) is 68.6 Å². The average molecular weight is 642 g/mol. The molecule has 0 aliphatic rings. The molecule has 0 aromatic heterocycles. The molecule has 37 heavy (non-hydrogen) atoms. The molecule has 0 fully saturated rings. The number of hydrogen-bond donors (Lipinski definition) is 3. The summed E-state index contributed by atoms with van der Waals surface area (Å²) in [5.74, 6) is -1.11. The second-order valence-electron chi connectivity index (χ2n) is 9.89. The quantitative estimate of drug-likeness (QED) is 0.159. The molecule has 0 spiro atoms. The fourth-order valence-corrected chi connectivity index (χ4v) is 4.57. The molecule has 0 unspecified atom stereocenters. The van der Waals surface area contributed by atoms with Crippen molar-refractivity contribution in [3.8, 4) is 0 Å². The van der Waals surface area contributed by atoms with Crippen LogP contribution in [0.25, 0.3) is 0 Å². The Hall–Kier alpha value is -1.70. The van der Waals surface area contributed by atoms with E-state index in [9.17, 15) is 19.8 Å². The SMILES string of the molecule is CC(C)CCCCCCCCCCCCC(=O)O.O=C(O)C(O)(c1ccc(Br)cc1)c1ccc(Br)cc1. The Morgan fingerprint density at radius 3 is 1.35 bits per heavy atom. The number of hydrogen-bond acceptors (Lipinski definition) is 3. The first-order chi connectivity index (χ1) is 17.6. The van der Waals surface area contributed by atoms with E-state index in [4.69, 9.17) is 5.11 Å². The molecule has 2 rings (SSSR count). The van der Waals surface area contributed by atoms with E-state index in [2.05, 4.69) is 45.7 Å². The van der Waals surface area contributed by atoms with Gasteiger partial charge in [0.15, 0.2) is 0 Å². The minimum Gasteiger partial charge on any atom is -0.481 e. The highest BCUT2D eigenvalue weighted by molar-refractivity contribution is 9.10. The van der Waals surface area contributed by atoms with Crippen LogP contribution in [0.1, 0.15) is 102 Å². The van der Waals surface area contributed by atoms with Gasteiger partial charge in [0.1, 0.15) is 0 Å². The number of rotatable bonds is 16. The van der Waals surface area contributed by atoms with E-state index in [0.29, 0.717) is 17.5 Å². The first-order valence-electron chi connectivity index (χ1n) is 13.3. The van der Waals surface area contributed by atoms with Crippen LogP contribution in [0.4, 0.5) is 0 Å². The van der Waals surface area contributed by atoms with Gasteiger partial charge in [-0.15, -0.1) is 0 Å². The minimum absolute atomic E-state index is 0.311. The Bertz CT molecular complexity index is 865. The zero-order chi connectivity index (χ0) is 27.7. The lowest BCUT2D eigenvalue weighted by Crippen LogP contribution is -2.36. The topological polar surface area (TPSA) is 94.8 Å². The standard InChI is InChI=1S/C16H32O2.C14H10Br2O3/c1-15(2)13-11-9-7-5-3-4-6-8-10-12-14-16(17)18;15-11-5-1-9(2-6-11)14(19,13(17)18)10-3-7-12(16)8-4-10/h15H,3-14H2,1-2H3,(H,17,18);1-8,19H,(H,17,18). The van der Waals surface area contributed by atoms with Gasteiger partial charge in [-0.25, -0.2) is 4.79 Å². The Kier molecular flexibility index (Phi) is 16.7. The number of benzene rings is 2. The van der Waals surface area contributed by atoms with Gasteiger partial charge in [0.2, 0.25) is 5.60 Å². The van der Waals surface area contributed by atoms with Gasteiger partial charge in [0, 0.05) is 15.4 Å². The molecular formula is C30H42Br2O5. The number of carboxylic acids is 2. The van der Waals surface area contributed by atoms with Crippen LogP contribution in [0.3, 0.4) is 0 Å². The maximum atomic E-state index is 11.5. The third-order valence-electron chi connectivity index (χ3n) is 6.26. The molecule has 0 amide bonds. The Morgan fingerprint density at radius 1 is 0.676 bits per heavy atom. The lowest BCUT2D eigenvalue weighted by Gasteiger charge is -2.24. The second kappa shape index (κ2) is 18.5. The summed E-state index contributed by atoms with van der Waals surface area (Å²) >= 11 is 6.56. The molecule has 7 heteroatoms. The number of carbonyl (C=O) groups is 2. The molecule has 0 saturated carbocycles. The summed E-state index contributed by atoms with van der Waals surface area (Å²) in [6.07, 6.45) is 14.4. The molecular weight excluding hydrogens is 600 g/mol. The fourth-order valence-electron chi connectivity index (χ4n) is 4.04. The van der Waals surface area contributed by atoms with Crippen molar-refractivity contribution in [1.29, 1.82) is 0 Å². The molecule has 0 aliphatic carbocycles. The summed E-state index contributed by atoms with van der Waals surface area (Å²) in [7, 11) is 0. The molecule has 5 nitrogen and oxygen atoms in total. The molecule has 2 aromatic rings. The van der Waals surface area contributed by atoms with Gasteiger partial charge >= 0.3 is 11.9 Å². The highest BCUT2D eigenvalue weighted by Gasteiger charge is 2.40. The van der Waals surface area contributed by atoms with Crippen molar-refractivity contribution in [1.82, 2.24) is 0 Å². The molecule has 0 atom stereocenters. The first-order valence-corrected chi connectivity index (χ1v) is 14.9. The molecule has 0 heterocycles. The van der Waals surface area contributed by atoms with Crippen molar-refractivity contribution < 1.29 is 24.9 Å². The lowest BCUT2D eigenvalue weighted by atomic mass is 9.86. The summed E-state index contributed by atoms with van der Waals surface area (Å²) < 4.78 is 1.64. The summed E-state index contributed by atoms with van der Waals surface area (Å²) in [4.78, 5) is 21.8. The predicted molar refractivity (Wildman–Crippen MR) is 157 cm³/mol. The molecule has 0 aliphatic heterocycles. The van der Waals surface area contributed by atoms with E-state index in [-0.39, 0.29) is 0 Å². The summed E-state index contributed by atoms with van der Waals surface area (Å²) in [6, 6.07) is 13.1. The molecule has 206 valence electrons. The fraction of sp³-hybridized carbons (Fsp3) is 0.533. The summed E-state index contributed by atoms with van der Waals surface area (Å²) in [5.41, 5.74) is -1.43. The molecule has 0 bridgehead atoms. The van der Waals surface area contributed by atoms with Crippen LogP contribution in [0.5, 0.6) is 0 Å². The maximum Gasteiger partial charge on any atom is 0.345 e. The Labute approximate surface area is 239 Å². The van der Waals surface area contributed by atoms with Gasteiger partial charge < -0.3 is 15.3 Å². The van der Waals surface area contributed by atoms with Crippen molar-refractivity contribution in [3.63, 3.8) is 0 Å². The largest absolute Gasteiger partial charge is 0.481 e. The van der Waals surface area contributed by atoms with Gasteiger partial charge in [-0.1, -0.05) is 134 Å². The van der Waals surface area contributed by atoms with Crippen molar-refractivity contribution in [2.75, 3.05) is 0 Å². The smallest absolute Gasteiger partial charge is 0.345 e. The number of aliphatic hydroxyl groups is 1. The van der Waals surface area contributed by atoms with Crippen molar-refractivity contribution in [2.45, 2.75) is 96.5 Å². The summed E-state index contributed by atoms with van der Waals surface area (Å²) in [5, 5.41) is 28.5. The predicted octanol–water partition coefficient (Wildman–Crippen LogP) is 8.94. The third kappa shape index (κ3) is 13.6. The second-order valence-corrected chi connectivity index (χ2v) is 11.7. The summed E-state index contributed by atoms with van der Waals surface area (Å²) in [6.45, 7) is 4.59. The minimum atomic E-state index is -2.05. The van der Waals surface area contributed by atoms with E-state index < -0.39 is 17.5 Å². The lowest BCUT2D eigenvalue weighted by molar-refractivity contribution is -0.155. The average Bonchev–Trinajstić information content (AvgIpc) is 2.85.